The van der Waals surface area contributed by atoms with E-state index in [4.69, 9.17) is 11.6 Å². The number of anilines is 1. The van der Waals surface area contributed by atoms with E-state index in [2.05, 4.69) is 5.32 Å². The van der Waals surface area contributed by atoms with Gasteiger partial charge in [0.15, 0.2) is 0 Å². The Bertz CT molecular complexity index is 352. The van der Waals surface area contributed by atoms with Gasteiger partial charge >= 0.3 is 6.18 Å². The van der Waals surface area contributed by atoms with Crippen LogP contribution in [0.5, 0.6) is 0 Å². The van der Waals surface area contributed by atoms with Gasteiger partial charge in [-0.05, 0) is 25.0 Å². The summed E-state index contributed by atoms with van der Waals surface area (Å²) in [7, 11) is 0. The van der Waals surface area contributed by atoms with Crippen molar-refractivity contribution in [3.63, 3.8) is 0 Å². The summed E-state index contributed by atoms with van der Waals surface area (Å²) in [6.45, 7) is 1.92. The van der Waals surface area contributed by atoms with E-state index < -0.39 is 11.7 Å². The molecule has 1 aromatic carbocycles. The van der Waals surface area contributed by atoms with Gasteiger partial charge in [0, 0.05) is 17.6 Å². The van der Waals surface area contributed by atoms with Crippen molar-refractivity contribution >= 4 is 17.3 Å². The predicted molar refractivity (Wildman–Crippen MR) is 64.5 cm³/mol. The standard InChI is InChI=1S/C12H15ClF3N/c1-2-9(7-8-13)17-11-6-4-3-5-10(11)12(14,15)16/h3-6,9,17H,2,7-8H2,1H3. The third-order valence-electron chi connectivity index (χ3n) is 2.54. The molecule has 1 nitrogen and oxygen atoms in total. The number of benzene rings is 1. The highest BCUT2D eigenvalue weighted by atomic mass is 35.5. The molecular formula is C12H15ClF3N. The fourth-order valence-corrected chi connectivity index (χ4v) is 1.85. The summed E-state index contributed by atoms with van der Waals surface area (Å²) >= 11 is 5.61. The molecule has 1 atom stereocenters. The smallest absolute Gasteiger partial charge is 0.382 e. The zero-order chi connectivity index (χ0) is 12.9. The lowest BCUT2D eigenvalue weighted by atomic mass is 10.1. The Hall–Kier alpha value is -0.900. The zero-order valence-corrected chi connectivity index (χ0v) is 10.3. The highest BCUT2D eigenvalue weighted by molar-refractivity contribution is 6.17. The van der Waals surface area contributed by atoms with E-state index in [1.165, 1.54) is 12.1 Å². The summed E-state index contributed by atoms with van der Waals surface area (Å²) in [4.78, 5) is 0. The summed E-state index contributed by atoms with van der Waals surface area (Å²) in [5, 5.41) is 2.90. The van der Waals surface area contributed by atoms with Crippen LogP contribution in [0, 0.1) is 0 Å². The predicted octanol–water partition coefficient (Wildman–Crippen LogP) is 4.52. The normalized spacial score (nSPS) is 13.5. The van der Waals surface area contributed by atoms with Crippen LogP contribution in [-0.4, -0.2) is 11.9 Å². The molecule has 1 rings (SSSR count). The van der Waals surface area contributed by atoms with Gasteiger partial charge in [-0.1, -0.05) is 19.1 Å². The molecule has 96 valence electrons. The average molecular weight is 266 g/mol. The van der Waals surface area contributed by atoms with E-state index in [0.717, 1.165) is 12.5 Å². The molecule has 0 saturated heterocycles. The van der Waals surface area contributed by atoms with Crippen LogP contribution in [0.4, 0.5) is 18.9 Å². The molecule has 0 aromatic heterocycles. The molecule has 17 heavy (non-hydrogen) atoms. The minimum atomic E-state index is -4.33. The van der Waals surface area contributed by atoms with Gasteiger partial charge in [0.25, 0.3) is 0 Å². The number of hydrogen-bond acceptors (Lipinski definition) is 1. The van der Waals surface area contributed by atoms with E-state index in [-0.39, 0.29) is 11.7 Å². The van der Waals surface area contributed by atoms with Crippen LogP contribution in [0.1, 0.15) is 25.3 Å². The third-order valence-corrected chi connectivity index (χ3v) is 2.76. The zero-order valence-electron chi connectivity index (χ0n) is 9.52. The average Bonchev–Trinajstić information content (AvgIpc) is 2.27. The molecule has 0 radical (unpaired) electrons. The Balaban J connectivity index is 2.90. The molecule has 1 unspecified atom stereocenters. The first-order valence-electron chi connectivity index (χ1n) is 5.47. The van der Waals surface area contributed by atoms with Crippen molar-refractivity contribution in [3.05, 3.63) is 29.8 Å². The first-order valence-corrected chi connectivity index (χ1v) is 6.01. The van der Waals surface area contributed by atoms with E-state index in [1.54, 1.807) is 6.07 Å². The summed E-state index contributed by atoms with van der Waals surface area (Å²) < 4.78 is 38.2. The van der Waals surface area contributed by atoms with E-state index in [9.17, 15) is 13.2 Å². The van der Waals surface area contributed by atoms with Gasteiger partial charge < -0.3 is 5.32 Å². The summed E-state index contributed by atoms with van der Waals surface area (Å²) in [5.74, 6) is 0.430. The van der Waals surface area contributed by atoms with Crippen LogP contribution in [0.15, 0.2) is 24.3 Å². The van der Waals surface area contributed by atoms with Crippen molar-refractivity contribution < 1.29 is 13.2 Å². The van der Waals surface area contributed by atoms with Gasteiger partial charge in [0.05, 0.1) is 5.56 Å². The molecule has 0 bridgehead atoms. The second-order valence-electron chi connectivity index (χ2n) is 3.77. The van der Waals surface area contributed by atoms with Crippen LogP contribution < -0.4 is 5.32 Å². The number of rotatable bonds is 5. The molecule has 0 fully saturated rings. The lowest BCUT2D eigenvalue weighted by Crippen LogP contribution is -2.21. The quantitative estimate of drug-likeness (QED) is 0.772. The number of para-hydroxylation sites is 1. The first-order chi connectivity index (χ1) is 7.99. The third kappa shape index (κ3) is 4.11. The molecule has 0 saturated carbocycles. The largest absolute Gasteiger partial charge is 0.418 e. The molecule has 1 N–H and O–H groups in total. The van der Waals surface area contributed by atoms with Gasteiger partial charge in [0.1, 0.15) is 0 Å². The maximum absolute atomic E-state index is 12.7. The topological polar surface area (TPSA) is 12.0 Å². The minimum Gasteiger partial charge on any atom is -0.382 e. The summed E-state index contributed by atoms with van der Waals surface area (Å²) in [6.07, 6.45) is -2.95. The second kappa shape index (κ2) is 6.15. The maximum Gasteiger partial charge on any atom is 0.418 e. The number of hydrogen-bond donors (Lipinski definition) is 1. The van der Waals surface area contributed by atoms with Gasteiger partial charge in [0.2, 0.25) is 0 Å². The molecule has 1 aromatic rings. The van der Waals surface area contributed by atoms with Gasteiger partial charge in [-0.3, -0.25) is 0 Å². The fourth-order valence-electron chi connectivity index (χ4n) is 1.59. The molecule has 0 amide bonds. The fraction of sp³-hybridized carbons (Fsp3) is 0.500. The highest BCUT2D eigenvalue weighted by Gasteiger charge is 2.33. The van der Waals surface area contributed by atoms with E-state index in [0.29, 0.717) is 12.3 Å². The number of nitrogens with one attached hydrogen (secondary N) is 1. The van der Waals surface area contributed by atoms with Crippen LogP contribution in [0.3, 0.4) is 0 Å². The Kier molecular flexibility index (Phi) is 5.12. The highest BCUT2D eigenvalue weighted by Crippen LogP contribution is 2.35. The van der Waals surface area contributed by atoms with Gasteiger partial charge in [-0.15, -0.1) is 11.6 Å². The maximum atomic E-state index is 12.7. The van der Waals surface area contributed by atoms with Crippen molar-refractivity contribution in [2.45, 2.75) is 32.0 Å². The molecule has 0 spiro atoms. The minimum absolute atomic E-state index is 0.0315. The van der Waals surface area contributed by atoms with Crippen molar-refractivity contribution in [2.75, 3.05) is 11.2 Å². The second-order valence-corrected chi connectivity index (χ2v) is 4.15. The van der Waals surface area contributed by atoms with Crippen LogP contribution in [0.2, 0.25) is 0 Å². The molecule has 0 aliphatic carbocycles. The monoisotopic (exact) mass is 265 g/mol. The van der Waals surface area contributed by atoms with Crippen molar-refractivity contribution in [1.82, 2.24) is 0 Å². The van der Waals surface area contributed by atoms with Crippen LogP contribution in [0.25, 0.3) is 0 Å². The molecular weight excluding hydrogens is 251 g/mol. The van der Waals surface area contributed by atoms with Crippen molar-refractivity contribution in [3.8, 4) is 0 Å². The molecule has 5 heteroatoms. The van der Waals surface area contributed by atoms with Crippen LogP contribution in [-0.2, 0) is 6.18 Å². The number of alkyl halides is 4. The molecule has 0 heterocycles. The van der Waals surface area contributed by atoms with Crippen LogP contribution >= 0.6 is 11.6 Å². The van der Waals surface area contributed by atoms with Gasteiger partial charge in [-0.25, -0.2) is 0 Å². The van der Waals surface area contributed by atoms with E-state index in [1.807, 2.05) is 6.92 Å². The van der Waals surface area contributed by atoms with Crippen molar-refractivity contribution in [2.24, 2.45) is 0 Å². The lowest BCUT2D eigenvalue weighted by molar-refractivity contribution is -0.137. The van der Waals surface area contributed by atoms with Gasteiger partial charge in [-0.2, -0.15) is 13.2 Å². The Morgan fingerprint density at radius 1 is 1.29 bits per heavy atom. The SMILES string of the molecule is CCC(CCCl)Nc1ccccc1C(F)(F)F. The summed E-state index contributed by atoms with van der Waals surface area (Å²) in [6, 6.07) is 5.47. The van der Waals surface area contributed by atoms with E-state index >= 15 is 0 Å². The first kappa shape index (κ1) is 14.2. The lowest BCUT2D eigenvalue weighted by Gasteiger charge is -2.20. The Labute approximate surface area is 104 Å². The molecule has 0 aliphatic heterocycles. The number of halogens is 4. The Morgan fingerprint density at radius 3 is 2.47 bits per heavy atom. The molecule has 0 aliphatic rings. The summed E-state index contributed by atoms with van der Waals surface area (Å²) in [5.41, 5.74) is -0.509. The Morgan fingerprint density at radius 2 is 1.94 bits per heavy atom. The van der Waals surface area contributed by atoms with Crippen molar-refractivity contribution in [1.29, 1.82) is 0 Å².